The van der Waals surface area contributed by atoms with Gasteiger partial charge in [0, 0.05) is 18.5 Å². The van der Waals surface area contributed by atoms with Crippen molar-refractivity contribution in [3.63, 3.8) is 0 Å². The molecule has 0 bridgehead atoms. The van der Waals surface area contributed by atoms with Crippen LogP contribution in [0.25, 0.3) is 0 Å². The molecule has 8 heteroatoms. The summed E-state index contributed by atoms with van der Waals surface area (Å²) in [6.07, 6.45) is 0.268. The van der Waals surface area contributed by atoms with E-state index >= 15 is 0 Å². The number of sulfonamides is 1. The van der Waals surface area contributed by atoms with Gasteiger partial charge in [0.25, 0.3) is 0 Å². The third kappa shape index (κ3) is 5.44. The Labute approximate surface area is 116 Å². The van der Waals surface area contributed by atoms with Crippen LogP contribution in [0.15, 0.2) is 18.2 Å². The molecule has 0 heterocycles. The smallest absolute Gasteiger partial charge is 0.232 e. The number of anilines is 2. The first-order valence-electron chi connectivity index (χ1n) is 5.47. The predicted molar refractivity (Wildman–Crippen MR) is 73.5 cm³/mol. The first kappa shape index (κ1) is 15.7. The van der Waals surface area contributed by atoms with Crippen LogP contribution in [0.5, 0.6) is 0 Å². The van der Waals surface area contributed by atoms with Gasteiger partial charge in [-0.1, -0.05) is 0 Å². The minimum Gasteiger partial charge on any atom is -0.326 e. The second-order valence-electron chi connectivity index (χ2n) is 3.84. The van der Waals surface area contributed by atoms with Gasteiger partial charge < -0.3 is 5.32 Å². The molecule has 1 aromatic rings. The van der Waals surface area contributed by atoms with E-state index in [1.807, 2.05) is 0 Å². The Bertz CT molecular complexity index is 563. The molecule has 0 atom stereocenters. The molecule has 5 nitrogen and oxygen atoms in total. The highest BCUT2D eigenvalue weighted by atomic mass is 35.5. The lowest BCUT2D eigenvalue weighted by Crippen LogP contribution is -2.18. The van der Waals surface area contributed by atoms with Crippen LogP contribution in [0.2, 0.25) is 0 Å². The highest BCUT2D eigenvalue weighted by Crippen LogP contribution is 2.21. The lowest BCUT2D eigenvalue weighted by molar-refractivity contribution is -0.114. The third-order valence-corrected chi connectivity index (χ3v) is 3.72. The molecule has 0 saturated heterocycles. The largest absolute Gasteiger partial charge is 0.326 e. The molecule has 0 unspecified atom stereocenters. The number of hydrogen-bond acceptors (Lipinski definition) is 3. The Kier molecular flexibility index (Phi) is 5.56. The first-order chi connectivity index (χ1) is 8.84. The summed E-state index contributed by atoms with van der Waals surface area (Å²) in [5.41, 5.74) is 0.102. The number of rotatable bonds is 6. The van der Waals surface area contributed by atoms with E-state index in [1.165, 1.54) is 19.1 Å². The Balaban J connectivity index is 2.90. The van der Waals surface area contributed by atoms with Crippen molar-refractivity contribution >= 4 is 38.9 Å². The minimum atomic E-state index is -3.65. The van der Waals surface area contributed by atoms with E-state index in [1.54, 1.807) is 0 Å². The fraction of sp³-hybridized carbons (Fsp3) is 0.364. The molecule has 1 rings (SSSR count). The summed E-state index contributed by atoms with van der Waals surface area (Å²) in [6, 6.07) is 3.63. The molecule has 0 saturated carbocycles. The molecule has 0 aliphatic carbocycles. The molecule has 106 valence electrons. The zero-order valence-corrected chi connectivity index (χ0v) is 11.8. The number of carbonyl (C=O) groups excluding carboxylic acids is 1. The Hall–Kier alpha value is -1.34. The minimum absolute atomic E-state index is 0.194. The van der Waals surface area contributed by atoms with Gasteiger partial charge in [0.05, 0.1) is 11.4 Å². The summed E-state index contributed by atoms with van der Waals surface area (Å²) < 4.78 is 38.9. The molecule has 1 amide bonds. The summed E-state index contributed by atoms with van der Waals surface area (Å²) in [7, 11) is -3.65. The second kappa shape index (κ2) is 6.72. The number of amides is 1. The molecular weight excluding hydrogens is 295 g/mol. The SMILES string of the molecule is CC(=O)Nc1ccc(F)c(NS(=O)(=O)CCCCl)c1. The summed E-state index contributed by atoms with van der Waals surface area (Å²) in [5, 5.41) is 2.44. The van der Waals surface area contributed by atoms with E-state index in [-0.39, 0.29) is 29.6 Å². The predicted octanol–water partition coefficient (Wildman–Crippen LogP) is 2.15. The van der Waals surface area contributed by atoms with Crippen LogP contribution in [0.4, 0.5) is 15.8 Å². The topological polar surface area (TPSA) is 75.3 Å². The third-order valence-electron chi connectivity index (χ3n) is 2.10. The van der Waals surface area contributed by atoms with Crippen LogP contribution in [0.1, 0.15) is 13.3 Å². The van der Waals surface area contributed by atoms with Gasteiger partial charge in [-0.25, -0.2) is 12.8 Å². The number of hydrogen-bond donors (Lipinski definition) is 2. The Morgan fingerprint density at radius 3 is 2.68 bits per heavy atom. The zero-order valence-electron chi connectivity index (χ0n) is 10.2. The van der Waals surface area contributed by atoms with Gasteiger partial charge >= 0.3 is 0 Å². The van der Waals surface area contributed by atoms with Crippen LogP contribution in [0, 0.1) is 5.82 Å². The standard InChI is InChI=1S/C11H14ClFN2O3S/c1-8(16)14-9-3-4-10(13)11(7-9)15-19(17,18)6-2-5-12/h3-4,7,15H,2,5-6H2,1H3,(H,14,16). The van der Waals surface area contributed by atoms with Gasteiger partial charge in [0.2, 0.25) is 15.9 Å². The summed E-state index contributed by atoms with van der Waals surface area (Å²) >= 11 is 5.41. The quantitative estimate of drug-likeness (QED) is 0.791. The number of nitrogens with one attached hydrogen (secondary N) is 2. The molecular formula is C11H14ClFN2O3S. The fourth-order valence-electron chi connectivity index (χ4n) is 1.35. The van der Waals surface area contributed by atoms with Crippen molar-refractivity contribution in [2.45, 2.75) is 13.3 Å². The van der Waals surface area contributed by atoms with E-state index in [2.05, 4.69) is 10.0 Å². The van der Waals surface area contributed by atoms with Gasteiger partial charge in [-0.3, -0.25) is 9.52 Å². The van der Waals surface area contributed by atoms with Gasteiger partial charge in [-0.05, 0) is 24.6 Å². The molecule has 2 N–H and O–H groups in total. The Morgan fingerprint density at radius 2 is 2.11 bits per heavy atom. The number of carbonyl (C=O) groups is 1. The molecule has 0 aromatic heterocycles. The summed E-state index contributed by atoms with van der Waals surface area (Å²) in [6.45, 7) is 1.30. The van der Waals surface area contributed by atoms with Crippen molar-refractivity contribution in [3.8, 4) is 0 Å². The summed E-state index contributed by atoms with van der Waals surface area (Å²) in [5.74, 6) is -1.04. The van der Waals surface area contributed by atoms with Crippen molar-refractivity contribution in [2.75, 3.05) is 21.7 Å². The van der Waals surface area contributed by atoms with Gasteiger partial charge in [0.15, 0.2) is 0 Å². The van der Waals surface area contributed by atoms with E-state index in [4.69, 9.17) is 11.6 Å². The molecule has 1 aromatic carbocycles. The van der Waals surface area contributed by atoms with Gasteiger partial charge in [-0.2, -0.15) is 0 Å². The van der Waals surface area contributed by atoms with Crippen molar-refractivity contribution < 1.29 is 17.6 Å². The molecule has 19 heavy (non-hydrogen) atoms. The monoisotopic (exact) mass is 308 g/mol. The van der Waals surface area contributed by atoms with E-state index < -0.39 is 15.8 Å². The van der Waals surface area contributed by atoms with E-state index in [0.29, 0.717) is 5.69 Å². The molecule has 0 fully saturated rings. The van der Waals surface area contributed by atoms with Crippen molar-refractivity contribution in [1.29, 1.82) is 0 Å². The van der Waals surface area contributed by atoms with Gasteiger partial charge in [0.1, 0.15) is 5.82 Å². The number of halogens is 2. The van der Waals surface area contributed by atoms with Crippen LogP contribution in [-0.2, 0) is 14.8 Å². The molecule has 0 aliphatic rings. The molecule has 0 spiro atoms. The van der Waals surface area contributed by atoms with Crippen molar-refractivity contribution in [2.24, 2.45) is 0 Å². The van der Waals surface area contributed by atoms with Crippen LogP contribution in [0.3, 0.4) is 0 Å². The maximum absolute atomic E-state index is 13.5. The lowest BCUT2D eigenvalue weighted by atomic mass is 10.2. The average Bonchev–Trinajstić information content (AvgIpc) is 2.30. The normalized spacial score (nSPS) is 11.1. The highest BCUT2D eigenvalue weighted by molar-refractivity contribution is 7.92. The lowest BCUT2D eigenvalue weighted by Gasteiger charge is -2.10. The number of benzene rings is 1. The van der Waals surface area contributed by atoms with Crippen LogP contribution < -0.4 is 10.0 Å². The van der Waals surface area contributed by atoms with Gasteiger partial charge in [-0.15, -0.1) is 11.6 Å². The molecule has 0 aliphatic heterocycles. The van der Waals surface area contributed by atoms with E-state index in [0.717, 1.165) is 6.07 Å². The maximum atomic E-state index is 13.5. The fourth-order valence-corrected chi connectivity index (χ4v) is 2.76. The average molecular weight is 309 g/mol. The van der Waals surface area contributed by atoms with Crippen molar-refractivity contribution in [1.82, 2.24) is 0 Å². The first-order valence-corrected chi connectivity index (χ1v) is 7.66. The maximum Gasteiger partial charge on any atom is 0.232 e. The molecule has 0 radical (unpaired) electrons. The summed E-state index contributed by atoms with van der Waals surface area (Å²) in [4.78, 5) is 10.9. The second-order valence-corrected chi connectivity index (χ2v) is 6.06. The van der Waals surface area contributed by atoms with Crippen molar-refractivity contribution in [3.05, 3.63) is 24.0 Å². The highest BCUT2D eigenvalue weighted by Gasteiger charge is 2.13. The number of alkyl halides is 1. The Morgan fingerprint density at radius 1 is 1.42 bits per heavy atom. The van der Waals surface area contributed by atoms with Crippen LogP contribution in [-0.4, -0.2) is 26.0 Å². The van der Waals surface area contributed by atoms with E-state index in [9.17, 15) is 17.6 Å². The van der Waals surface area contributed by atoms with Crippen LogP contribution >= 0.6 is 11.6 Å². The zero-order chi connectivity index (χ0) is 14.5.